The molecule has 0 spiro atoms. The van der Waals surface area contributed by atoms with Crippen molar-refractivity contribution in [2.24, 2.45) is 5.92 Å². The average Bonchev–Trinajstić information content (AvgIpc) is 3.05. The summed E-state index contributed by atoms with van der Waals surface area (Å²) in [6.07, 6.45) is 4.64. The van der Waals surface area contributed by atoms with Gasteiger partial charge in [0.25, 0.3) is 5.22 Å². The summed E-state index contributed by atoms with van der Waals surface area (Å²) in [7, 11) is 0. The number of carbonyl (C=O) groups is 1. The summed E-state index contributed by atoms with van der Waals surface area (Å²) in [5.74, 6) is 0.760. The number of aromatic nitrogens is 2. The number of hydrogen-bond acceptors (Lipinski definition) is 5. The molecule has 128 valence electrons. The first-order chi connectivity index (χ1) is 11.6. The third-order valence-corrected chi connectivity index (χ3v) is 5.10. The van der Waals surface area contributed by atoms with Crippen molar-refractivity contribution in [2.75, 3.05) is 5.75 Å². The first-order valence-corrected chi connectivity index (χ1v) is 9.12. The van der Waals surface area contributed by atoms with Crippen LogP contribution in [0.15, 0.2) is 33.9 Å². The van der Waals surface area contributed by atoms with Gasteiger partial charge in [0, 0.05) is 11.6 Å². The van der Waals surface area contributed by atoms with Crippen LogP contribution >= 0.6 is 11.8 Å². The van der Waals surface area contributed by atoms with E-state index in [0.717, 1.165) is 6.42 Å². The lowest BCUT2D eigenvalue weighted by molar-refractivity contribution is -0.119. The highest BCUT2D eigenvalue weighted by atomic mass is 32.2. The minimum atomic E-state index is -0.318. The Morgan fingerprint density at radius 1 is 1.29 bits per heavy atom. The molecule has 0 radical (unpaired) electrons. The Kier molecular flexibility index (Phi) is 5.50. The Morgan fingerprint density at radius 3 is 2.79 bits per heavy atom. The predicted molar refractivity (Wildman–Crippen MR) is 90.0 cm³/mol. The van der Waals surface area contributed by atoms with Gasteiger partial charge in [0.05, 0.1) is 5.75 Å². The highest BCUT2D eigenvalue weighted by molar-refractivity contribution is 7.99. The van der Waals surface area contributed by atoms with Crippen molar-refractivity contribution in [1.29, 1.82) is 0 Å². The number of benzene rings is 1. The second kappa shape index (κ2) is 7.79. The minimum absolute atomic E-state index is 0.0136. The number of hydrogen-bond donors (Lipinski definition) is 1. The second-order valence-corrected chi connectivity index (χ2v) is 7.03. The van der Waals surface area contributed by atoms with E-state index in [-0.39, 0.29) is 23.5 Å². The molecule has 1 aromatic heterocycles. The lowest BCUT2D eigenvalue weighted by atomic mass is 9.86. The Balaban J connectivity index is 1.51. The second-order valence-electron chi connectivity index (χ2n) is 6.10. The fourth-order valence-corrected chi connectivity index (χ4v) is 3.46. The molecule has 1 aliphatic carbocycles. The van der Waals surface area contributed by atoms with Crippen molar-refractivity contribution in [3.05, 3.63) is 30.1 Å². The standard InChI is InChI=1S/C17H20FN3O2S/c1-11-4-2-3-5-14(11)19-15(22)10-24-17-21-20-16(23-17)12-6-8-13(18)9-7-12/h6-9,11,14H,2-5,10H2,1H3,(H,19,22). The van der Waals surface area contributed by atoms with Crippen molar-refractivity contribution < 1.29 is 13.6 Å². The third kappa shape index (κ3) is 4.35. The Bertz CT molecular complexity index is 689. The zero-order valence-electron chi connectivity index (χ0n) is 13.5. The van der Waals surface area contributed by atoms with Gasteiger partial charge in [0.15, 0.2) is 0 Å². The van der Waals surface area contributed by atoms with E-state index in [9.17, 15) is 9.18 Å². The molecule has 0 bridgehead atoms. The molecule has 5 nitrogen and oxygen atoms in total. The van der Waals surface area contributed by atoms with E-state index in [2.05, 4.69) is 22.4 Å². The quantitative estimate of drug-likeness (QED) is 0.834. The largest absolute Gasteiger partial charge is 0.411 e. The van der Waals surface area contributed by atoms with Gasteiger partial charge >= 0.3 is 0 Å². The highest BCUT2D eigenvalue weighted by Crippen LogP contribution is 2.25. The number of amides is 1. The molecular formula is C17H20FN3O2S. The number of rotatable bonds is 5. The summed E-state index contributed by atoms with van der Waals surface area (Å²) in [4.78, 5) is 12.1. The minimum Gasteiger partial charge on any atom is -0.411 e. The fraction of sp³-hybridized carbons (Fsp3) is 0.471. The van der Waals surface area contributed by atoms with E-state index in [1.165, 1.54) is 43.2 Å². The number of nitrogens with zero attached hydrogens (tertiary/aromatic N) is 2. The molecule has 0 aliphatic heterocycles. The van der Waals surface area contributed by atoms with Crippen LogP contribution in [0.4, 0.5) is 4.39 Å². The van der Waals surface area contributed by atoms with Crippen LogP contribution in [0.2, 0.25) is 0 Å². The zero-order valence-corrected chi connectivity index (χ0v) is 14.3. The van der Waals surface area contributed by atoms with Crippen molar-refractivity contribution in [2.45, 2.75) is 43.9 Å². The van der Waals surface area contributed by atoms with E-state index < -0.39 is 0 Å². The van der Waals surface area contributed by atoms with E-state index in [0.29, 0.717) is 22.6 Å². The van der Waals surface area contributed by atoms with Crippen LogP contribution in [0.3, 0.4) is 0 Å². The molecule has 3 rings (SSSR count). The maximum atomic E-state index is 12.9. The lowest BCUT2D eigenvalue weighted by Crippen LogP contribution is -2.41. The molecule has 2 atom stereocenters. The van der Waals surface area contributed by atoms with Crippen LogP contribution in [-0.2, 0) is 4.79 Å². The Morgan fingerprint density at radius 2 is 2.04 bits per heavy atom. The van der Waals surface area contributed by atoms with E-state index in [1.807, 2.05) is 0 Å². The smallest absolute Gasteiger partial charge is 0.277 e. The molecule has 1 amide bonds. The Hall–Kier alpha value is -1.89. The van der Waals surface area contributed by atoms with Crippen molar-refractivity contribution in [3.63, 3.8) is 0 Å². The van der Waals surface area contributed by atoms with Crippen LogP contribution in [0.5, 0.6) is 0 Å². The van der Waals surface area contributed by atoms with Gasteiger partial charge in [0.1, 0.15) is 5.82 Å². The molecule has 1 N–H and O–H groups in total. The van der Waals surface area contributed by atoms with Crippen LogP contribution in [0.25, 0.3) is 11.5 Å². The number of nitrogens with one attached hydrogen (secondary N) is 1. The summed E-state index contributed by atoms with van der Waals surface area (Å²) in [5, 5.41) is 11.3. The molecule has 1 aromatic carbocycles. The van der Waals surface area contributed by atoms with Gasteiger partial charge in [-0.1, -0.05) is 31.5 Å². The number of halogens is 1. The molecular weight excluding hydrogens is 329 g/mol. The van der Waals surface area contributed by atoms with Crippen molar-refractivity contribution in [3.8, 4) is 11.5 Å². The van der Waals surface area contributed by atoms with Crippen molar-refractivity contribution in [1.82, 2.24) is 15.5 Å². The van der Waals surface area contributed by atoms with E-state index in [1.54, 1.807) is 12.1 Å². The summed E-state index contributed by atoms with van der Waals surface area (Å²) in [5.41, 5.74) is 0.649. The lowest BCUT2D eigenvalue weighted by Gasteiger charge is -2.29. The number of carbonyl (C=O) groups excluding carboxylic acids is 1. The van der Waals surface area contributed by atoms with Crippen LogP contribution in [0.1, 0.15) is 32.6 Å². The van der Waals surface area contributed by atoms with Gasteiger partial charge in [-0.3, -0.25) is 4.79 Å². The SMILES string of the molecule is CC1CCCCC1NC(=O)CSc1nnc(-c2ccc(F)cc2)o1. The molecule has 2 aromatic rings. The van der Waals surface area contributed by atoms with Gasteiger partial charge in [-0.25, -0.2) is 4.39 Å². The molecule has 1 fully saturated rings. The predicted octanol–water partition coefficient (Wildman–Crippen LogP) is 3.66. The fourth-order valence-electron chi connectivity index (χ4n) is 2.88. The van der Waals surface area contributed by atoms with Gasteiger partial charge in [0.2, 0.25) is 11.8 Å². The maximum absolute atomic E-state index is 12.9. The van der Waals surface area contributed by atoms with Crippen LogP contribution in [0, 0.1) is 11.7 Å². The van der Waals surface area contributed by atoms with Gasteiger partial charge in [-0.15, -0.1) is 10.2 Å². The first kappa shape index (κ1) is 17.0. The topological polar surface area (TPSA) is 68.0 Å². The van der Waals surface area contributed by atoms with E-state index >= 15 is 0 Å². The van der Waals surface area contributed by atoms with E-state index in [4.69, 9.17) is 4.42 Å². The highest BCUT2D eigenvalue weighted by Gasteiger charge is 2.23. The van der Waals surface area contributed by atoms with Crippen LogP contribution < -0.4 is 5.32 Å². The molecule has 1 aliphatic rings. The monoisotopic (exact) mass is 349 g/mol. The normalized spacial score (nSPS) is 20.8. The first-order valence-electron chi connectivity index (χ1n) is 8.13. The average molecular weight is 349 g/mol. The van der Waals surface area contributed by atoms with Gasteiger partial charge in [-0.2, -0.15) is 0 Å². The summed E-state index contributed by atoms with van der Waals surface area (Å²) in [6.45, 7) is 2.18. The third-order valence-electron chi connectivity index (χ3n) is 4.28. The maximum Gasteiger partial charge on any atom is 0.277 e. The van der Waals surface area contributed by atoms with Gasteiger partial charge in [-0.05, 0) is 43.0 Å². The summed E-state index contributed by atoms with van der Waals surface area (Å²) in [6, 6.07) is 6.10. The zero-order chi connectivity index (χ0) is 16.9. The summed E-state index contributed by atoms with van der Waals surface area (Å²) >= 11 is 1.21. The molecule has 7 heteroatoms. The number of thioether (sulfide) groups is 1. The molecule has 24 heavy (non-hydrogen) atoms. The van der Waals surface area contributed by atoms with Gasteiger partial charge < -0.3 is 9.73 Å². The van der Waals surface area contributed by atoms with Crippen molar-refractivity contribution >= 4 is 17.7 Å². The molecule has 0 saturated heterocycles. The Labute approximate surface area is 144 Å². The molecule has 1 heterocycles. The molecule has 1 saturated carbocycles. The molecule has 2 unspecified atom stereocenters. The van der Waals surface area contributed by atoms with Crippen LogP contribution in [-0.4, -0.2) is 27.9 Å². The summed E-state index contributed by atoms with van der Waals surface area (Å²) < 4.78 is 18.4.